The van der Waals surface area contributed by atoms with Crippen molar-refractivity contribution >= 4 is 23.4 Å². The molecule has 0 amide bonds. The Balaban J connectivity index is -0.0000000450. The van der Waals surface area contributed by atoms with Gasteiger partial charge in [0, 0.05) is 0 Å². The van der Waals surface area contributed by atoms with E-state index in [1.54, 1.807) is 18.3 Å². The summed E-state index contributed by atoms with van der Waals surface area (Å²) in [5.74, 6) is 0. The molecular formula is CH5LiNO2Rh. The molecule has 4 N–H and O–H groups in total. The molecule has 0 fully saturated rings. The Hall–Kier alpha value is 0.651. The molecular weight excluding hydrogens is 168 g/mol. The van der Waals surface area contributed by atoms with Gasteiger partial charge in [0.2, 0.25) is 0 Å². The molecule has 0 atom stereocenters. The zero-order valence-electron chi connectivity index (χ0n) is 2.40. The molecule has 0 aromatic rings. The summed E-state index contributed by atoms with van der Waals surface area (Å²) >= 11 is 1.73. The van der Waals surface area contributed by atoms with Gasteiger partial charge in [0.15, 0.2) is 0 Å². The Kier molecular flexibility index (Phi) is 24.4. The summed E-state index contributed by atoms with van der Waals surface area (Å²) in [6, 6.07) is 0. The van der Waals surface area contributed by atoms with Crippen LogP contribution in [0.2, 0.25) is 0 Å². The third-order valence-electron chi connectivity index (χ3n) is 0. The van der Waals surface area contributed by atoms with Crippen molar-refractivity contribution in [1.82, 2.24) is 6.15 Å². The summed E-state index contributed by atoms with van der Waals surface area (Å²) in [6.45, 7) is 0. The molecule has 0 aromatic carbocycles. The van der Waals surface area contributed by atoms with Crippen molar-refractivity contribution in [3.8, 4) is 0 Å². The second-order valence-corrected chi connectivity index (χ2v) is 0.935. The van der Waals surface area contributed by atoms with Crippen molar-refractivity contribution in [3.05, 3.63) is 0 Å². The third kappa shape index (κ3) is 146. The van der Waals surface area contributed by atoms with Crippen molar-refractivity contribution in [2.75, 3.05) is 0 Å². The van der Waals surface area contributed by atoms with Crippen molar-refractivity contribution < 1.29 is 28.2 Å². The fraction of sp³-hybridized carbons (Fsp3) is 0. The van der Waals surface area contributed by atoms with Crippen LogP contribution in [0.15, 0.2) is 0 Å². The van der Waals surface area contributed by atoms with Gasteiger partial charge in [-0.1, -0.05) is 0 Å². The Bertz CT molecular complexity index is 36.5. The average Bonchev–Trinajstić information content (AvgIpc) is 0.811. The summed E-state index contributed by atoms with van der Waals surface area (Å²) in [7, 11) is 0. The summed E-state index contributed by atoms with van der Waals surface area (Å²) < 4.78 is -0.943. The van der Waals surface area contributed by atoms with E-state index in [-0.39, 0.29) is 25.0 Å². The zero-order chi connectivity index (χ0) is 3.58. The van der Waals surface area contributed by atoms with Gasteiger partial charge in [-0.3, -0.25) is 0 Å². The first-order valence-corrected chi connectivity index (χ1v) is 1.41. The van der Waals surface area contributed by atoms with Gasteiger partial charge in [0.25, 0.3) is 0 Å². The van der Waals surface area contributed by atoms with Gasteiger partial charge in [-0.15, -0.1) is 0 Å². The minimum atomic E-state index is -0.943. The van der Waals surface area contributed by atoms with Crippen LogP contribution in [-0.4, -0.2) is 28.5 Å². The van der Waals surface area contributed by atoms with Crippen LogP contribution in [0.4, 0.5) is 4.79 Å². The summed E-state index contributed by atoms with van der Waals surface area (Å²) in [6.07, 6.45) is 0. The molecule has 0 saturated heterocycles. The van der Waals surface area contributed by atoms with E-state index in [1.807, 2.05) is 0 Å². The molecule has 36 valence electrons. The van der Waals surface area contributed by atoms with Gasteiger partial charge in [0.05, 0.1) is 0 Å². The van der Waals surface area contributed by atoms with Crippen molar-refractivity contribution in [2.45, 2.75) is 0 Å². The maximum atomic E-state index is 8.95. The predicted molar refractivity (Wildman–Crippen MR) is 20.2 cm³/mol. The van der Waals surface area contributed by atoms with Crippen LogP contribution in [0.1, 0.15) is 0 Å². The quantitative estimate of drug-likeness (QED) is 0.495. The number of carbonyl (C=O) groups is 1. The molecule has 0 aliphatic rings. The van der Waals surface area contributed by atoms with Gasteiger partial charge in [-0.25, -0.2) is 0 Å². The molecule has 6 heavy (non-hydrogen) atoms. The molecule has 0 aliphatic carbocycles. The molecule has 0 unspecified atom stereocenters. The fourth-order valence-electron chi connectivity index (χ4n) is 0. The molecule has 0 saturated carbocycles. The molecule has 0 bridgehead atoms. The minimum absolute atomic E-state index is 0. The second kappa shape index (κ2) is 9.17. The normalized spacial score (nSPS) is 4.33. The van der Waals surface area contributed by atoms with Crippen LogP contribution in [0.3, 0.4) is 0 Å². The van der Waals surface area contributed by atoms with E-state index in [0.717, 1.165) is 0 Å². The Morgan fingerprint density at radius 2 is 1.67 bits per heavy atom. The number of hydrogen-bond donors (Lipinski definition) is 2. The van der Waals surface area contributed by atoms with E-state index in [0.29, 0.717) is 0 Å². The van der Waals surface area contributed by atoms with Crippen molar-refractivity contribution in [1.29, 1.82) is 0 Å². The van der Waals surface area contributed by atoms with E-state index in [1.165, 1.54) is 0 Å². The molecule has 0 aromatic heterocycles. The Labute approximate surface area is 57.9 Å². The van der Waals surface area contributed by atoms with E-state index >= 15 is 0 Å². The van der Waals surface area contributed by atoms with Crippen LogP contribution in [0, 0.1) is 0 Å². The summed E-state index contributed by atoms with van der Waals surface area (Å²) in [5.41, 5.74) is 0. The Morgan fingerprint density at radius 3 is 1.67 bits per heavy atom. The molecule has 0 heterocycles. The first kappa shape index (κ1) is 15.9. The van der Waals surface area contributed by atoms with E-state index in [4.69, 9.17) is 9.90 Å². The van der Waals surface area contributed by atoms with Crippen LogP contribution < -0.4 is 6.15 Å². The molecule has 0 spiro atoms. The Morgan fingerprint density at radius 1 is 1.67 bits per heavy atom. The average molecular weight is 173 g/mol. The molecule has 0 radical (unpaired) electrons. The maximum absolute atomic E-state index is 8.95. The van der Waals surface area contributed by atoms with Gasteiger partial charge < -0.3 is 6.15 Å². The van der Waals surface area contributed by atoms with E-state index in [2.05, 4.69) is 0 Å². The first-order chi connectivity index (χ1) is 1.73. The van der Waals surface area contributed by atoms with Gasteiger partial charge in [-0.2, -0.15) is 0 Å². The SMILES string of the molecule is N.O=[C](O)[Rh].[LiH]. The molecule has 5 heteroatoms. The summed E-state index contributed by atoms with van der Waals surface area (Å²) in [4.78, 5) is 8.95. The van der Waals surface area contributed by atoms with Gasteiger partial charge >= 0.3 is 51.6 Å². The van der Waals surface area contributed by atoms with E-state index in [9.17, 15) is 0 Å². The standard InChI is InChI=1S/CHO2.Li.H3N.Rh.H/c2-1-3;;;;/h(H,2,3);;1H3;;. The monoisotopic (exact) mass is 173 g/mol. The van der Waals surface area contributed by atoms with Crippen molar-refractivity contribution in [3.63, 3.8) is 0 Å². The predicted octanol–water partition coefficient (Wildman–Crippen LogP) is -0.275. The third-order valence-corrected chi connectivity index (χ3v) is 0. The van der Waals surface area contributed by atoms with Gasteiger partial charge in [0.1, 0.15) is 0 Å². The molecule has 0 aliphatic heterocycles. The first-order valence-electron chi connectivity index (χ1n) is 0.594. The number of carboxylic acid groups (broad SMARTS) is 1. The van der Waals surface area contributed by atoms with Crippen LogP contribution in [0.5, 0.6) is 0 Å². The van der Waals surface area contributed by atoms with Gasteiger partial charge in [-0.05, 0) is 0 Å². The van der Waals surface area contributed by atoms with Crippen LogP contribution >= 0.6 is 0 Å². The second-order valence-electron chi connectivity index (χ2n) is 0.234. The number of rotatable bonds is 0. The zero-order valence-corrected chi connectivity index (χ0v) is 4.03. The van der Waals surface area contributed by atoms with Crippen LogP contribution in [0.25, 0.3) is 0 Å². The van der Waals surface area contributed by atoms with Crippen molar-refractivity contribution in [2.24, 2.45) is 0 Å². The molecule has 3 nitrogen and oxygen atoms in total. The fourth-order valence-corrected chi connectivity index (χ4v) is 0. The molecule has 0 rings (SSSR count). The summed E-state index contributed by atoms with van der Waals surface area (Å²) in [5, 5.41) is 7.37. The van der Waals surface area contributed by atoms with Crippen LogP contribution in [-0.2, 0) is 18.3 Å². The van der Waals surface area contributed by atoms with E-state index < -0.39 is 4.56 Å². The topological polar surface area (TPSA) is 72.3 Å². The number of hydrogen-bond acceptors (Lipinski definition) is 2.